The van der Waals surface area contributed by atoms with E-state index < -0.39 is 0 Å². The summed E-state index contributed by atoms with van der Waals surface area (Å²) in [6, 6.07) is 7.51. The van der Waals surface area contributed by atoms with E-state index in [1.165, 1.54) is 0 Å². The molecule has 0 spiro atoms. The molecule has 20 heavy (non-hydrogen) atoms. The summed E-state index contributed by atoms with van der Waals surface area (Å²) in [5.74, 6) is 0.0537. The van der Waals surface area contributed by atoms with Crippen LogP contribution in [0, 0.1) is 0 Å². The third-order valence-electron chi connectivity index (χ3n) is 3.42. The highest BCUT2D eigenvalue weighted by Crippen LogP contribution is 2.28. The molecule has 1 aliphatic rings. The van der Waals surface area contributed by atoms with Crippen LogP contribution in [0.3, 0.4) is 0 Å². The number of nitrogens with two attached hydrogens (primary N) is 1. The maximum absolute atomic E-state index is 12.6. The lowest BCUT2D eigenvalue weighted by molar-refractivity contribution is -0.171. The first kappa shape index (κ1) is 15.0. The Morgan fingerprint density at radius 2 is 1.65 bits per heavy atom. The Balaban J connectivity index is 2.19. The van der Waals surface area contributed by atoms with E-state index in [-0.39, 0.29) is 17.1 Å². The van der Waals surface area contributed by atoms with Crippen molar-refractivity contribution in [3.8, 4) is 0 Å². The van der Waals surface area contributed by atoms with Crippen LogP contribution in [0.25, 0.3) is 0 Å². The van der Waals surface area contributed by atoms with Crippen molar-refractivity contribution < 1.29 is 9.53 Å². The first-order valence-electron chi connectivity index (χ1n) is 7.01. The van der Waals surface area contributed by atoms with E-state index in [0.29, 0.717) is 25.2 Å². The van der Waals surface area contributed by atoms with E-state index in [1.54, 1.807) is 0 Å². The van der Waals surface area contributed by atoms with Gasteiger partial charge in [0.15, 0.2) is 0 Å². The molecule has 0 aromatic heterocycles. The lowest BCUT2D eigenvalue weighted by Crippen LogP contribution is -2.58. The molecule has 4 nitrogen and oxygen atoms in total. The Labute approximate surface area is 120 Å². The van der Waals surface area contributed by atoms with Crippen molar-refractivity contribution in [3.63, 3.8) is 0 Å². The van der Waals surface area contributed by atoms with Crippen LogP contribution < -0.4 is 5.73 Å². The highest BCUT2D eigenvalue weighted by Gasteiger charge is 2.40. The van der Waals surface area contributed by atoms with Crippen LogP contribution in [0.4, 0.5) is 0 Å². The lowest BCUT2D eigenvalue weighted by Gasteiger charge is -2.47. The van der Waals surface area contributed by atoms with Gasteiger partial charge in [-0.25, -0.2) is 0 Å². The molecule has 0 radical (unpaired) electrons. The molecule has 110 valence electrons. The monoisotopic (exact) mass is 276 g/mol. The number of carbonyl (C=O) groups excluding carboxylic acids is 1. The Morgan fingerprint density at radius 3 is 2.10 bits per heavy atom. The molecule has 0 aliphatic carbocycles. The summed E-state index contributed by atoms with van der Waals surface area (Å²) in [5, 5.41) is 0. The molecular weight excluding hydrogens is 252 g/mol. The largest absolute Gasteiger partial charge is 0.366 e. The van der Waals surface area contributed by atoms with Gasteiger partial charge in [0.05, 0.1) is 11.2 Å². The van der Waals surface area contributed by atoms with E-state index in [4.69, 9.17) is 10.5 Å². The zero-order valence-electron chi connectivity index (χ0n) is 12.8. The summed E-state index contributed by atoms with van der Waals surface area (Å²) in [6.07, 6.45) is 0. The van der Waals surface area contributed by atoms with Crippen molar-refractivity contribution in [3.05, 3.63) is 35.4 Å². The Kier molecular flexibility index (Phi) is 3.89. The highest BCUT2D eigenvalue weighted by atomic mass is 16.5. The molecule has 2 N–H and O–H groups in total. The maximum atomic E-state index is 12.6. The summed E-state index contributed by atoms with van der Waals surface area (Å²) < 4.78 is 6.00. The summed E-state index contributed by atoms with van der Waals surface area (Å²) in [5.41, 5.74) is 6.66. The minimum absolute atomic E-state index is 0.0537. The van der Waals surface area contributed by atoms with Crippen molar-refractivity contribution in [1.29, 1.82) is 0 Å². The number of carbonyl (C=O) groups is 1. The minimum atomic E-state index is -0.325. The molecule has 0 unspecified atom stereocenters. The summed E-state index contributed by atoms with van der Waals surface area (Å²) in [6.45, 7) is 9.78. The SMILES string of the molecule is CC1(C)CN(C(=O)c2ccc(CN)cc2)CC(C)(C)O1. The minimum Gasteiger partial charge on any atom is -0.366 e. The van der Waals surface area contributed by atoms with Crippen LogP contribution in [-0.4, -0.2) is 35.1 Å². The second-order valence-corrected chi connectivity index (χ2v) is 6.68. The van der Waals surface area contributed by atoms with E-state index in [9.17, 15) is 4.79 Å². The lowest BCUT2D eigenvalue weighted by atomic mass is 9.98. The van der Waals surface area contributed by atoms with Crippen LogP contribution in [0.5, 0.6) is 0 Å². The molecule has 1 saturated heterocycles. The molecular formula is C16H24N2O2. The van der Waals surface area contributed by atoms with Gasteiger partial charge in [-0.15, -0.1) is 0 Å². The molecule has 1 heterocycles. The molecule has 4 heteroatoms. The van der Waals surface area contributed by atoms with Gasteiger partial charge >= 0.3 is 0 Å². The maximum Gasteiger partial charge on any atom is 0.254 e. The molecule has 2 rings (SSSR count). The number of morpholine rings is 1. The number of benzene rings is 1. The fourth-order valence-corrected chi connectivity index (χ4v) is 2.90. The molecule has 1 fully saturated rings. The van der Waals surface area contributed by atoms with Crippen LogP contribution in [0.15, 0.2) is 24.3 Å². The van der Waals surface area contributed by atoms with Crippen LogP contribution in [0.1, 0.15) is 43.6 Å². The van der Waals surface area contributed by atoms with Crippen LogP contribution in [0.2, 0.25) is 0 Å². The van der Waals surface area contributed by atoms with E-state index in [0.717, 1.165) is 5.56 Å². The van der Waals surface area contributed by atoms with Crippen molar-refractivity contribution in [1.82, 2.24) is 4.90 Å². The van der Waals surface area contributed by atoms with Gasteiger partial charge in [0, 0.05) is 25.2 Å². The zero-order chi connectivity index (χ0) is 15.0. The van der Waals surface area contributed by atoms with Gasteiger partial charge < -0.3 is 15.4 Å². The number of hydrogen-bond donors (Lipinski definition) is 1. The molecule has 1 amide bonds. The second-order valence-electron chi connectivity index (χ2n) is 6.68. The van der Waals surface area contributed by atoms with Gasteiger partial charge in [0.1, 0.15) is 0 Å². The highest BCUT2D eigenvalue weighted by molar-refractivity contribution is 5.94. The smallest absolute Gasteiger partial charge is 0.254 e. The van der Waals surface area contributed by atoms with E-state index in [1.807, 2.05) is 56.9 Å². The first-order valence-corrected chi connectivity index (χ1v) is 7.01. The molecule has 0 saturated carbocycles. The van der Waals surface area contributed by atoms with Gasteiger partial charge in [0.25, 0.3) is 5.91 Å². The third kappa shape index (κ3) is 3.38. The van der Waals surface area contributed by atoms with Crippen LogP contribution in [-0.2, 0) is 11.3 Å². The predicted octanol–water partition coefficient (Wildman–Crippen LogP) is 2.17. The normalized spacial score (nSPS) is 20.8. The fraction of sp³-hybridized carbons (Fsp3) is 0.562. The van der Waals surface area contributed by atoms with Crippen molar-refractivity contribution >= 4 is 5.91 Å². The quantitative estimate of drug-likeness (QED) is 0.900. The summed E-state index contributed by atoms with van der Waals surface area (Å²) in [7, 11) is 0. The molecule has 0 bridgehead atoms. The third-order valence-corrected chi connectivity index (χ3v) is 3.42. The van der Waals surface area contributed by atoms with Crippen molar-refractivity contribution in [2.45, 2.75) is 45.4 Å². The molecule has 0 atom stereocenters. The molecule has 1 aliphatic heterocycles. The summed E-state index contributed by atoms with van der Waals surface area (Å²) in [4.78, 5) is 14.5. The van der Waals surface area contributed by atoms with Gasteiger partial charge in [-0.1, -0.05) is 12.1 Å². The van der Waals surface area contributed by atoms with Gasteiger partial charge in [-0.2, -0.15) is 0 Å². The standard InChI is InChI=1S/C16H24N2O2/c1-15(2)10-18(11-16(3,4)20-15)14(19)13-7-5-12(9-17)6-8-13/h5-8H,9-11,17H2,1-4H3. The predicted molar refractivity (Wildman–Crippen MR) is 79.5 cm³/mol. The van der Waals surface area contributed by atoms with Gasteiger partial charge in [-0.3, -0.25) is 4.79 Å². The average molecular weight is 276 g/mol. The Morgan fingerprint density at radius 1 is 1.15 bits per heavy atom. The average Bonchev–Trinajstić information content (AvgIpc) is 2.34. The van der Waals surface area contributed by atoms with Crippen molar-refractivity contribution in [2.24, 2.45) is 5.73 Å². The number of ether oxygens (including phenoxy) is 1. The van der Waals surface area contributed by atoms with Gasteiger partial charge in [0.2, 0.25) is 0 Å². The van der Waals surface area contributed by atoms with Gasteiger partial charge in [-0.05, 0) is 45.4 Å². The number of nitrogens with zero attached hydrogens (tertiary/aromatic N) is 1. The topological polar surface area (TPSA) is 55.6 Å². The Bertz CT molecular complexity index is 476. The van der Waals surface area contributed by atoms with E-state index in [2.05, 4.69) is 0 Å². The number of rotatable bonds is 2. The van der Waals surface area contributed by atoms with E-state index >= 15 is 0 Å². The summed E-state index contributed by atoms with van der Waals surface area (Å²) >= 11 is 0. The fourth-order valence-electron chi connectivity index (χ4n) is 2.90. The second kappa shape index (κ2) is 5.19. The number of amides is 1. The Hall–Kier alpha value is -1.39. The zero-order valence-corrected chi connectivity index (χ0v) is 12.8. The van der Waals surface area contributed by atoms with Crippen LogP contribution >= 0.6 is 0 Å². The number of hydrogen-bond acceptors (Lipinski definition) is 3. The molecule has 1 aromatic rings. The molecule has 1 aromatic carbocycles. The van der Waals surface area contributed by atoms with Crippen molar-refractivity contribution in [2.75, 3.05) is 13.1 Å². The first-order chi connectivity index (χ1) is 9.22.